The van der Waals surface area contributed by atoms with Gasteiger partial charge in [-0.25, -0.2) is 0 Å². The lowest BCUT2D eigenvalue weighted by molar-refractivity contribution is -0.123. The average Bonchev–Trinajstić information content (AvgIpc) is 3.30. The number of nitrogens with one attached hydrogen (secondary N) is 1. The maximum atomic E-state index is 12.0. The number of hydrogen-bond acceptors (Lipinski definition) is 6. The zero-order valence-corrected chi connectivity index (χ0v) is 16.8. The molecule has 1 N–H and O–H groups in total. The number of benzene rings is 1. The number of aromatic nitrogens is 2. The molecule has 0 aliphatic rings. The molecule has 136 valence electrons. The van der Waals surface area contributed by atoms with Crippen LogP contribution in [0.5, 0.6) is 5.75 Å². The monoisotopic (exact) mass is 435 g/mol. The summed E-state index contributed by atoms with van der Waals surface area (Å²) in [5, 5.41) is 8.55. The minimum atomic E-state index is -0.263. The van der Waals surface area contributed by atoms with Crippen LogP contribution in [0.1, 0.15) is 31.2 Å². The van der Waals surface area contributed by atoms with Gasteiger partial charge in [0.05, 0.1) is 15.9 Å². The molecule has 3 rings (SSSR count). The highest BCUT2D eigenvalue weighted by molar-refractivity contribution is 9.10. The van der Waals surface area contributed by atoms with Crippen molar-refractivity contribution in [3.8, 4) is 16.5 Å². The van der Waals surface area contributed by atoms with Gasteiger partial charge in [-0.2, -0.15) is 4.98 Å². The van der Waals surface area contributed by atoms with Crippen molar-refractivity contribution < 1.29 is 14.1 Å². The SMILES string of the molecule is CC(C)c1ccc(OCC(=O)NCc2nc(-c3cccs3)no2)c(Br)c1. The lowest BCUT2D eigenvalue weighted by atomic mass is 10.0. The highest BCUT2D eigenvalue weighted by Gasteiger charge is 2.12. The number of thiophene rings is 1. The second-order valence-corrected chi connectivity index (χ2v) is 7.70. The van der Waals surface area contributed by atoms with Crippen molar-refractivity contribution in [3.05, 3.63) is 51.6 Å². The van der Waals surface area contributed by atoms with E-state index in [1.165, 1.54) is 16.9 Å². The van der Waals surface area contributed by atoms with Crippen molar-refractivity contribution in [1.29, 1.82) is 0 Å². The van der Waals surface area contributed by atoms with Gasteiger partial charge in [-0.05, 0) is 51.0 Å². The van der Waals surface area contributed by atoms with Gasteiger partial charge in [0.2, 0.25) is 11.7 Å². The fourth-order valence-electron chi connectivity index (χ4n) is 2.19. The molecule has 0 aliphatic heterocycles. The van der Waals surface area contributed by atoms with Crippen LogP contribution in [-0.4, -0.2) is 22.7 Å². The topological polar surface area (TPSA) is 77.2 Å². The van der Waals surface area contributed by atoms with E-state index in [-0.39, 0.29) is 19.1 Å². The fourth-order valence-corrected chi connectivity index (χ4v) is 3.35. The summed E-state index contributed by atoms with van der Waals surface area (Å²) in [7, 11) is 0. The Balaban J connectivity index is 1.49. The second-order valence-electron chi connectivity index (χ2n) is 5.90. The summed E-state index contributed by atoms with van der Waals surface area (Å²) in [6.45, 7) is 4.31. The van der Waals surface area contributed by atoms with Crippen LogP contribution in [-0.2, 0) is 11.3 Å². The molecule has 8 heteroatoms. The maximum absolute atomic E-state index is 12.0. The molecular weight excluding hydrogens is 418 g/mol. The predicted octanol–water partition coefficient (Wildman–Crippen LogP) is 4.38. The molecule has 0 bridgehead atoms. The van der Waals surface area contributed by atoms with Crippen LogP contribution in [0.25, 0.3) is 10.7 Å². The van der Waals surface area contributed by atoms with Crippen molar-refractivity contribution in [3.63, 3.8) is 0 Å². The first-order chi connectivity index (χ1) is 12.5. The molecule has 0 atom stereocenters. The Morgan fingerprint density at radius 2 is 2.23 bits per heavy atom. The van der Waals surface area contributed by atoms with Crippen molar-refractivity contribution in [2.75, 3.05) is 6.61 Å². The van der Waals surface area contributed by atoms with Gasteiger partial charge in [0.15, 0.2) is 6.61 Å². The number of nitrogens with zero attached hydrogens (tertiary/aromatic N) is 2. The Hall–Kier alpha value is -2.19. The lowest BCUT2D eigenvalue weighted by Gasteiger charge is -2.11. The van der Waals surface area contributed by atoms with Gasteiger partial charge in [-0.15, -0.1) is 11.3 Å². The molecule has 6 nitrogen and oxygen atoms in total. The summed E-state index contributed by atoms with van der Waals surface area (Å²) in [5.74, 6) is 1.67. The van der Waals surface area contributed by atoms with E-state index >= 15 is 0 Å². The van der Waals surface area contributed by atoms with Crippen LogP contribution in [0.4, 0.5) is 0 Å². The van der Waals surface area contributed by atoms with Gasteiger partial charge in [0.1, 0.15) is 5.75 Å². The third-order valence-corrected chi connectivity index (χ3v) is 5.11. The van der Waals surface area contributed by atoms with Crippen molar-refractivity contribution >= 4 is 33.2 Å². The summed E-state index contributed by atoms with van der Waals surface area (Å²) in [6.07, 6.45) is 0. The van der Waals surface area contributed by atoms with E-state index in [2.05, 4.69) is 45.2 Å². The van der Waals surface area contributed by atoms with Gasteiger partial charge in [-0.1, -0.05) is 31.1 Å². The van der Waals surface area contributed by atoms with Crippen LogP contribution in [0.15, 0.2) is 44.7 Å². The number of amides is 1. The average molecular weight is 436 g/mol. The molecule has 0 aliphatic carbocycles. The highest BCUT2D eigenvalue weighted by atomic mass is 79.9. The molecule has 0 unspecified atom stereocenters. The zero-order valence-electron chi connectivity index (χ0n) is 14.4. The quantitative estimate of drug-likeness (QED) is 0.595. The molecule has 3 aromatic rings. The first kappa shape index (κ1) is 18.6. The van der Waals surface area contributed by atoms with Crippen LogP contribution in [0.3, 0.4) is 0 Å². The van der Waals surface area contributed by atoms with E-state index in [9.17, 15) is 4.79 Å². The Bertz CT molecular complexity index is 878. The number of rotatable bonds is 7. The van der Waals surface area contributed by atoms with E-state index in [4.69, 9.17) is 9.26 Å². The smallest absolute Gasteiger partial charge is 0.258 e. The maximum Gasteiger partial charge on any atom is 0.258 e. The van der Waals surface area contributed by atoms with Crippen molar-refractivity contribution in [1.82, 2.24) is 15.5 Å². The molecule has 0 saturated carbocycles. The summed E-state index contributed by atoms with van der Waals surface area (Å²) < 4.78 is 11.5. The first-order valence-corrected chi connectivity index (χ1v) is 9.75. The molecule has 0 fully saturated rings. The molecule has 2 aromatic heterocycles. The summed E-state index contributed by atoms with van der Waals surface area (Å²) in [6, 6.07) is 9.68. The van der Waals surface area contributed by atoms with Crippen LogP contribution in [0, 0.1) is 0 Å². The molecule has 2 heterocycles. The van der Waals surface area contributed by atoms with E-state index in [1.807, 2.05) is 35.7 Å². The molecule has 26 heavy (non-hydrogen) atoms. The third-order valence-electron chi connectivity index (χ3n) is 3.63. The standard InChI is InChI=1S/C18H18BrN3O3S/c1-11(2)12-5-6-14(13(19)8-12)24-10-16(23)20-9-17-21-18(22-25-17)15-4-3-7-26-15/h3-8,11H,9-10H2,1-2H3,(H,20,23). The fraction of sp³-hybridized carbons (Fsp3) is 0.278. The Morgan fingerprint density at radius 1 is 1.38 bits per heavy atom. The first-order valence-electron chi connectivity index (χ1n) is 8.08. The van der Waals surface area contributed by atoms with Gasteiger partial charge >= 0.3 is 0 Å². The lowest BCUT2D eigenvalue weighted by Crippen LogP contribution is -2.28. The van der Waals surface area contributed by atoms with Gasteiger partial charge in [-0.3, -0.25) is 4.79 Å². The number of hydrogen-bond donors (Lipinski definition) is 1. The van der Waals surface area contributed by atoms with Crippen molar-refractivity contribution in [2.24, 2.45) is 0 Å². The summed E-state index contributed by atoms with van der Waals surface area (Å²) >= 11 is 5.00. The van der Waals surface area contributed by atoms with Crippen LogP contribution in [0.2, 0.25) is 0 Å². The van der Waals surface area contributed by atoms with E-state index in [0.29, 0.717) is 23.4 Å². The number of carbonyl (C=O) groups is 1. The van der Waals surface area contributed by atoms with Gasteiger partial charge in [0, 0.05) is 0 Å². The largest absolute Gasteiger partial charge is 0.483 e. The van der Waals surface area contributed by atoms with E-state index < -0.39 is 0 Å². The number of halogens is 1. The van der Waals surface area contributed by atoms with Crippen LogP contribution >= 0.6 is 27.3 Å². The second kappa shape index (κ2) is 8.46. The highest BCUT2D eigenvalue weighted by Crippen LogP contribution is 2.28. The predicted molar refractivity (Wildman–Crippen MR) is 103 cm³/mol. The molecular formula is C18H18BrN3O3S. The number of ether oxygens (including phenoxy) is 1. The number of carbonyl (C=O) groups excluding carboxylic acids is 1. The Kier molecular flexibility index (Phi) is 6.05. The molecule has 1 aromatic carbocycles. The van der Waals surface area contributed by atoms with Gasteiger partial charge in [0.25, 0.3) is 5.91 Å². The zero-order chi connectivity index (χ0) is 18.5. The minimum absolute atomic E-state index is 0.0917. The Labute approximate surface area is 163 Å². The van der Waals surface area contributed by atoms with Gasteiger partial charge < -0.3 is 14.6 Å². The summed E-state index contributed by atoms with van der Waals surface area (Å²) in [4.78, 5) is 17.1. The normalized spacial score (nSPS) is 10.9. The van der Waals surface area contributed by atoms with Crippen LogP contribution < -0.4 is 10.1 Å². The minimum Gasteiger partial charge on any atom is -0.483 e. The molecule has 0 spiro atoms. The van der Waals surface area contributed by atoms with E-state index in [0.717, 1.165) is 9.35 Å². The molecule has 0 saturated heterocycles. The summed E-state index contributed by atoms with van der Waals surface area (Å²) in [5.41, 5.74) is 1.20. The molecule has 1 amide bonds. The van der Waals surface area contributed by atoms with E-state index in [1.54, 1.807) is 0 Å². The third kappa shape index (κ3) is 4.70. The molecule has 0 radical (unpaired) electrons. The van der Waals surface area contributed by atoms with Crippen molar-refractivity contribution in [2.45, 2.75) is 26.3 Å². The Morgan fingerprint density at radius 3 is 2.92 bits per heavy atom.